The highest BCUT2D eigenvalue weighted by molar-refractivity contribution is 5.57. The van der Waals surface area contributed by atoms with Gasteiger partial charge in [0.25, 0.3) is 0 Å². The van der Waals surface area contributed by atoms with E-state index in [0.29, 0.717) is 12.5 Å². The molecule has 0 bridgehead atoms. The molecule has 0 radical (unpaired) electrons. The fourth-order valence-electron chi connectivity index (χ4n) is 2.33. The van der Waals surface area contributed by atoms with Gasteiger partial charge in [-0.1, -0.05) is 50.5 Å². The zero-order valence-electron chi connectivity index (χ0n) is 11.5. The van der Waals surface area contributed by atoms with Crippen LogP contribution in [0.5, 0.6) is 0 Å². The SMILES string of the molecule is CCCCCC(CN)c1ccc(-c2cn[nH]n2)cc1. The number of H-pyrrole nitrogens is 1. The third-order valence-corrected chi connectivity index (χ3v) is 3.53. The third-order valence-electron chi connectivity index (χ3n) is 3.53. The second kappa shape index (κ2) is 7.04. The van der Waals surface area contributed by atoms with E-state index < -0.39 is 0 Å². The van der Waals surface area contributed by atoms with Gasteiger partial charge in [-0.2, -0.15) is 15.4 Å². The molecule has 3 N–H and O–H groups in total. The van der Waals surface area contributed by atoms with Crippen molar-refractivity contribution < 1.29 is 0 Å². The molecule has 4 heteroatoms. The van der Waals surface area contributed by atoms with E-state index in [1.807, 2.05) is 0 Å². The minimum absolute atomic E-state index is 0.470. The average molecular weight is 258 g/mol. The van der Waals surface area contributed by atoms with Gasteiger partial charge in [-0.3, -0.25) is 0 Å². The number of aromatic amines is 1. The number of aromatic nitrogens is 3. The van der Waals surface area contributed by atoms with Gasteiger partial charge in [0.2, 0.25) is 0 Å². The van der Waals surface area contributed by atoms with Gasteiger partial charge in [-0.05, 0) is 24.4 Å². The van der Waals surface area contributed by atoms with Crippen LogP contribution in [0.3, 0.4) is 0 Å². The lowest BCUT2D eigenvalue weighted by Crippen LogP contribution is -2.12. The maximum Gasteiger partial charge on any atom is 0.112 e. The molecule has 0 fully saturated rings. The fraction of sp³-hybridized carbons (Fsp3) is 0.467. The van der Waals surface area contributed by atoms with Crippen LogP contribution in [0.15, 0.2) is 30.5 Å². The van der Waals surface area contributed by atoms with Crippen molar-refractivity contribution in [2.24, 2.45) is 5.73 Å². The summed E-state index contributed by atoms with van der Waals surface area (Å²) < 4.78 is 0. The van der Waals surface area contributed by atoms with Crippen LogP contribution in [-0.4, -0.2) is 22.0 Å². The summed E-state index contributed by atoms with van der Waals surface area (Å²) >= 11 is 0. The number of nitrogens with two attached hydrogens (primary N) is 1. The molecule has 4 nitrogen and oxygen atoms in total. The van der Waals surface area contributed by atoms with Crippen LogP contribution >= 0.6 is 0 Å². The highest BCUT2D eigenvalue weighted by Gasteiger charge is 2.10. The van der Waals surface area contributed by atoms with Gasteiger partial charge in [0.1, 0.15) is 5.69 Å². The maximum atomic E-state index is 5.89. The predicted octanol–water partition coefficient (Wildman–Crippen LogP) is 3.09. The summed E-state index contributed by atoms with van der Waals surface area (Å²) in [5, 5.41) is 10.5. The topological polar surface area (TPSA) is 67.6 Å². The van der Waals surface area contributed by atoms with Crippen LogP contribution in [0.4, 0.5) is 0 Å². The molecule has 2 rings (SSSR count). The second-order valence-corrected chi connectivity index (χ2v) is 4.91. The van der Waals surface area contributed by atoms with Gasteiger partial charge >= 0.3 is 0 Å². The molecule has 1 unspecified atom stereocenters. The minimum Gasteiger partial charge on any atom is -0.330 e. The van der Waals surface area contributed by atoms with Gasteiger partial charge in [0.15, 0.2) is 0 Å². The van der Waals surface area contributed by atoms with Crippen molar-refractivity contribution in [1.82, 2.24) is 15.4 Å². The number of nitrogens with zero attached hydrogens (tertiary/aromatic N) is 2. The molecule has 0 saturated heterocycles. The minimum atomic E-state index is 0.470. The van der Waals surface area contributed by atoms with Crippen molar-refractivity contribution in [2.75, 3.05) is 6.54 Å². The standard InChI is InChI=1S/C15H22N4/c1-2-3-4-5-14(10-16)12-6-8-13(9-7-12)15-11-17-19-18-15/h6-9,11,14H,2-5,10,16H2,1H3,(H,17,18,19). The summed E-state index contributed by atoms with van der Waals surface area (Å²) in [6.45, 7) is 2.94. The number of hydrogen-bond donors (Lipinski definition) is 2. The average Bonchev–Trinajstić information content (AvgIpc) is 2.98. The van der Waals surface area contributed by atoms with Gasteiger partial charge in [-0.15, -0.1) is 0 Å². The molecule has 0 spiro atoms. The van der Waals surface area contributed by atoms with Crippen LogP contribution in [0, 0.1) is 0 Å². The molecule has 1 aromatic carbocycles. The lowest BCUT2D eigenvalue weighted by molar-refractivity contribution is 0.572. The maximum absolute atomic E-state index is 5.89. The van der Waals surface area contributed by atoms with E-state index in [1.165, 1.54) is 31.2 Å². The fourth-order valence-corrected chi connectivity index (χ4v) is 2.33. The zero-order chi connectivity index (χ0) is 13.5. The monoisotopic (exact) mass is 258 g/mol. The Kier molecular flexibility index (Phi) is 5.10. The van der Waals surface area contributed by atoms with E-state index in [2.05, 4.69) is 46.6 Å². The first kappa shape index (κ1) is 13.7. The van der Waals surface area contributed by atoms with Crippen LogP contribution in [-0.2, 0) is 0 Å². The van der Waals surface area contributed by atoms with Crippen LogP contribution in [0.1, 0.15) is 44.1 Å². The summed E-state index contributed by atoms with van der Waals surface area (Å²) in [7, 11) is 0. The van der Waals surface area contributed by atoms with E-state index in [-0.39, 0.29) is 0 Å². The van der Waals surface area contributed by atoms with E-state index in [0.717, 1.165) is 11.3 Å². The van der Waals surface area contributed by atoms with Crippen molar-refractivity contribution in [2.45, 2.75) is 38.5 Å². The highest BCUT2D eigenvalue weighted by Crippen LogP contribution is 2.24. The Balaban J connectivity index is 2.03. The first-order chi connectivity index (χ1) is 9.35. The van der Waals surface area contributed by atoms with Gasteiger partial charge in [-0.25, -0.2) is 0 Å². The Hall–Kier alpha value is -1.68. The molecule has 102 valence electrons. The summed E-state index contributed by atoms with van der Waals surface area (Å²) in [5.41, 5.74) is 9.18. The quantitative estimate of drug-likeness (QED) is 0.750. The second-order valence-electron chi connectivity index (χ2n) is 4.91. The van der Waals surface area contributed by atoms with Crippen molar-refractivity contribution in [3.63, 3.8) is 0 Å². The lowest BCUT2D eigenvalue weighted by Gasteiger charge is -2.15. The van der Waals surface area contributed by atoms with Crippen molar-refractivity contribution in [3.05, 3.63) is 36.0 Å². The van der Waals surface area contributed by atoms with Crippen LogP contribution < -0.4 is 5.73 Å². The van der Waals surface area contributed by atoms with Crippen molar-refractivity contribution >= 4 is 0 Å². The number of rotatable bonds is 7. The Labute approximate surface area is 114 Å². The number of nitrogens with one attached hydrogen (secondary N) is 1. The normalized spacial score (nSPS) is 12.5. The predicted molar refractivity (Wildman–Crippen MR) is 77.8 cm³/mol. The summed E-state index contributed by atoms with van der Waals surface area (Å²) in [5.74, 6) is 0.470. The molecule has 2 aromatic rings. The highest BCUT2D eigenvalue weighted by atomic mass is 15.3. The number of unbranched alkanes of at least 4 members (excludes halogenated alkanes) is 2. The molecule has 0 aliphatic carbocycles. The molecule has 0 saturated carbocycles. The summed E-state index contributed by atoms with van der Waals surface area (Å²) in [6, 6.07) is 8.51. The van der Waals surface area contributed by atoms with Gasteiger partial charge < -0.3 is 5.73 Å². The molecule has 19 heavy (non-hydrogen) atoms. The molecule has 1 aromatic heterocycles. The largest absolute Gasteiger partial charge is 0.330 e. The van der Waals surface area contributed by atoms with Crippen molar-refractivity contribution in [1.29, 1.82) is 0 Å². The van der Waals surface area contributed by atoms with E-state index in [9.17, 15) is 0 Å². The molecular formula is C15H22N4. The number of hydrogen-bond acceptors (Lipinski definition) is 3. The molecule has 0 aliphatic rings. The smallest absolute Gasteiger partial charge is 0.112 e. The van der Waals surface area contributed by atoms with Crippen molar-refractivity contribution in [3.8, 4) is 11.3 Å². The molecular weight excluding hydrogens is 236 g/mol. The molecule has 0 amide bonds. The molecule has 0 aliphatic heterocycles. The van der Waals surface area contributed by atoms with E-state index >= 15 is 0 Å². The Morgan fingerprint density at radius 1 is 1.21 bits per heavy atom. The third kappa shape index (κ3) is 3.64. The summed E-state index contributed by atoms with van der Waals surface area (Å²) in [6.07, 6.45) is 6.70. The first-order valence-electron chi connectivity index (χ1n) is 7.01. The van der Waals surface area contributed by atoms with E-state index in [1.54, 1.807) is 6.20 Å². The Morgan fingerprint density at radius 3 is 2.58 bits per heavy atom. The van der Waals surface area contributed by atoms with Gasteiger partial charge in [0, 0.05) is 5.56 Å². The zero-order valence-corrected chi connectivity index (χ0v) is 11.5. The van der Waals surface area contributed by atoms with Gasteiger partial charge in [0.05, 0.1) is 6.20 Å². The first-order valence-corrected chi connectivity index (χ1v) is 7.01. The summed E-state index contributed by atoms with van der Waals surface area (Å²) in [4.78, 5) is 0. The molecule has 1 atom stereocenters. The Morgan fingerprint density at radius 2 is 2.00 bits per heavy atom. The number of benzene rings is 1. The molecule has 1 heterocycles. The van der Waals surface area contributed by atoms with Crippen LogP contribution in [0.25, 0.3) is 11.3 Å². The Bertz CT molecular complexity index is 461. The lowest BCUT2D eigenvalue weighted by atomic mass is 9.92. The van der Waals surface area contributed by atoms with Crippen LogP contribution in [0.2, 0.25) is 0 Å². The van der Waals surface area contributed by atoms with E-state index in [4.69, 9.17) is 5.73 Å².